The van der Waals surface area contributed by atoms with Crippen LogP contribution in [0.25, 0.3) is 0 Å². The second-order valence-electron chi connectivity index (χ2n) is 6.46. The number of carbonyl (C=O) groups is 1. The van der Waals surface area contributed by atoms with Crippen molar-refractivity contribution in [1.29, 1.82) is 0 Å². The largest absolute Gasteiger partial charge is 0.490 e. The number of para-hydroxylation sites is 2. The molecule has 5 nitrogen and oxygen atoms in total. The molecule has 1 N–H and O–H groups in total. The molecule has 1 unspecified atom stereocenters. The molecule has 1 heterocycles. The maximum Gasteiger partial charge on any atom is 0.255 e. The lowest BCUT2D eigenvalue weighted by atomic mass is 10.2. The van der Waals surface area contributed by atoms with E-state index in [4.69, 9.17) is 9.47 Å². The number of amides is 1. The molecule has 1 amide bonds. The summed E-state index contributed by atoms with van der Waals surface area (Å²) in [6, 6.07) is 17.5. The minimum atomic E-state index is -0.116. The van der Waals surface area contributed by atoms with E-state index in [1.54, 1.807) is 6.07 Å². The van der Waals surface area contributed by atoms with E-state index < -0.39 is 0 Å². The number of benzene rings is 2. The summed E-state index contributed by atoms with van der Waals surface area (Å²) in [4.78, 5) is 14.6. The number of hydrogen-bond acceptors (Lipinski definition) is 4. The molecule has 1 aliphatic heterocycles. The van der Waals surface area contributed by atoms with Crippen LogP contribution < -0.4 is 15.0 Å². The number of carbonyl (C=O) groups excluding carboxylic acids is 1. The van der Waals surface area contributed by atoms with Crippen LogP contribution in [-0.2, 0) is 4.74 Å². The van der Waals surface area contributed by atoms with E-state index in [0.29, 0.717) is 24.5 Å². The lowest BCUT2D eigenvalue weighted by Crippen LogP contribution is -2.33. The highest BCUT2D eigenvalue weighted by Crippen LogP contribution is 2.20. The van der Waals surface area contributed by atoms with Crippen molar-refractivity contribution in [2.75, 3.05) is 38.3 Å². The van der Waals surface area contributed by atoms with Crippen molar-refractivity contribution in [3.63, 3.8) is 0 Å². The first-order valence-corrected chi connectivity index (χ1v) is 9.12. The molecule has 26 heavy (non-hydrogen) atoms. The van der Waals surface area contributed by atoms with Gasteiger partial charge in [-0.2, -0.15) is 0 Å². The molecule has 1 atom stereocenters. The highest BCUT2D eigenvalue weighted by Gasteiger charge is 2.18. The fourth-order valence-electron chi connectivity index (χ4n) is 2.98. The summed E-state index contributed by atoms with van der Waals surface area (Å²) in [5, 5.41) is 2.98. The maximum absolute atomic E-state index is 12.5. The van der Waals surface area contributed by atoms with E-state index in [0.717, 1.165) is 31.7 Å². The number of anilines is 1. The van der Waals surface area contributed by atoms with Crippen molar-refractivity contribution in [3.8, 4) is 5.75 Å². The molecular weight excluding hydrogens is 328 g/mol. The molecule has 2 aromatic rings. The van der Waals surface area contributed by atoms with E-state index in [1.807, 2.05) is 43.4 Å². The second-order valence-corrected chi connectivity index (χ2v) is 6.46. The van der Waals surface area contributed by atoms with Crippen molar-refractivity contribution >= 4 is 11.6 Å². The Morgan fingerprint density at radius 2 is 1.96 bits per heavy atom. The number of rotatable bonds is 8. The molecule has 0 saturated carbocycles. The predicted molar refractivity (Wildman–Crippen MR) is 103 cm³/mol. The van der Waals surface area contributed by atoms with Crippen LogP contribution in [-0.4, -0.2) is 45.4 Å². The quantitative estimate of drug-likeness (QED) is 0.791. The zero-order valence-corrected chi connectivity index (χ0v) is 15.2. The third-order valence-corrected chi connectivity index (χ3v) is 4.51. The number of likely N-dealkylation sites (N-methyl/N-ethyl adjacent to an activating group) is 1. The Morgan fingerprint density at radius 3 is 2.73 bits per heavy atom. The van der Waals surface area contributed by atoms with E-state index in [2.05, 4.69) is 22.3 Å². The normalized spacial score (nSPS) is 16.3. The summed E-state index contributed by atoms with van der Waals surface area (Å²) < 4.78 is 11.4. The van der Waals surface area contributed by atoms with Crippen molar-refractivity contribution in [2.45, 2.75) is 18.9 Å². The highest BCUT2D eigenvalue weighted by molar-refractivity contribution is 5.96. The monoisotopic (exact) mass is 354 g/mol. The van der Waals surface area contributed by atoms with Gasteiger partial charge in [-0.05, 0) is 37.1 Å². The van der Waals surface area contributed by atoms with E-state index in [9.17, 15) is 4.79 Å². The van der Waals surface area contributed by atoms with E-state index >= 15 is 0 Å². The minimum absolute atomic E-state index is 0.116. The molecule has 1 saturated heterocycles. The molecule has 2 aromatic carbocycles. The molecule has 138 valence electrons. The van der Waals surface area contributed by atoms with Crippen LogP contribution in [0.1, 0.15) is 23.2 Å². The highest BCUT2D eigenvalue weighted by atomic mass is 16.5. The van der Waals surface area contributed by atoms with E-state index in [-0.39, 0.29) is 12.0 Å². The van der Waals surface area contributed by atoms with Gasteiger partial charge in [0.1, 0.15) is 12.4 Å². The fraction of sp³-hybridized carbons (Fsp3) is 0.381. The number of ether oxygens (including phenoxy) is 2. The van der Waals surface area contributed by atoms with Gasteiger partial charge in [-0.15, -0.1) is 0 Å². The Morgan fingerprint density at radius 1 is 1.19 bits per heavy atom. The summed E-state index contributed by atoms with van der Waals surface area (Å²) in [5.74, 6) is 0.492. The van der Waals surface area contributed by atoms with Crippen LogP contribution in [0.15, 0.2) is 54.6 Å². The molecule has 3 rings (SSSR count). The van der Waals surface area contributed by atoms with Gasteiger partial charge in [0.05, 0.1) is 11.7 Å². The minimum Gasteiger partial charge on any atom is -0.490 e. The Hall–Kier alpha value is -2.53. The van der Waals surface area contributed by atoms with Crippen LogP contribution in [0.5, 0.6) is 5.75 Å². The lowest BCUT2D eigenvalue weighted by molar-refractivity contribution is 0.0670. The third-order valence-electron chi connectivity index (χ3n) is 4.51. The topological polar surface area (TPSA) is 50.8 Å². The molecule has 5 heteroatoms. The molecule has 1 fully saturated rings. The summed E-state index contributed by atoms with van der Waals surface area (Å²) in [6.45, 7) is 2.57. The van der Waals surface area contributed by atoms with Gasteiger partial charge in [0.25, 0.3) is 5.91 Å². The standard InChI is InChI=1S/C21H26N2O3/c1-23(17-8-3-2-4-9-17)14-13-22-21(24)19-11-5-6-12-20(19)26-16-18-10-7-15-25-18/h2-6,8-9,11-12,18H,7,10,13-16H2,1H3,(H,22,24). The first kappa shape index (κ1) is 18.3. The Kier molecular flexibility index (Phi) is 6.50. The average molecular weight is 354 g/mol. The van der Waals surface area contributed by atoms with Crippen molar-refractivity contribution in [2.24, 2.45) is 0 Å². The third kappa shape index (κ3) is 4.99. The molecule has 1 aliphatic rings. The molecular formula is C21H26N2O3. The molecule has 0 radical (unpaired) electrons. The van der Waals surface area contributed by atoms with Crippen LogP contribution >= 0.6 is 0 Å². The van der Waals surface area contributed by atoms with Crippen LogP contribution in [0, 0.1) is 0 Å². The van der Waals surface area contributed by atoms with Gasteiger partial charge in [0.15, 0.2) is 0 Å². The SMILES string of the molecule is CN(CCNC(=O)c1ccccc1OCC1CCCO1)c1ccccc1. The van der Waals surface area contributed by atoms with Gasteiger partial charge in [-0.1, -0.05) is 30.3 Å². The summed E-state index contributed by atoms with van der Waals surface area (Å²) >= 11 is 0. The van der Waals surface area contributed by atoms with Crippen LogP contribution in [0.4, 0.5) is 5.69 Å². The Bertz CT molecular complexity index is 699. The summed E-state index contributed by atoms with van der Waals surface area (Å²) in [5.41, 5.74) is 1.69. The van der Waals surface area contributed by atoms with Gasteiger partial charge in [0, 0.05) is 32.4 Å². The van der Waals surface area contributed by atoms with Crippen molar-refractivity contribution in [1.82, 2.24) is 5.32 Å². The van der Waals surface area contributed by atoms with Crippen LogP contribution in [0.2, 0.25) is 0 Å². The van der Waals surface area contributed by atoms with Gasteiger partial charge in [-0.3, -0.25) is 4.79 Å². The fourth-order valence-corrected chi connectivity index (χ4v) is 2.98. The number of nitrogens with one attached hydrogen (secondary N) is 1. The predicted octanol–water partition coefficient (Wildman–Crippen LogP) is 3.11. The lowest BCUT2D eigenvalue weighted by Gasteiger charge is -2.19. The van der Waals surface area contributed by atoms with Gasteiger partial charge in [0.2, 0.25) is 0 Å². The van der Waals surface area contributed by atoms with Gasteiger partial charge in [-0.25, -0.2) is 0 Å². The molecule has 0 bridgehead atoms. The van der Waals surface area contributed by atoms with Gasteiger partial charge < -0.3 is 19.7 Å². The smallest absolute Gasteiger partial charge is 0.255 e. The number of nitrogens with zero attached hydrogens (tertiary/aromatic N) is 1. The Labute approximate surface area is 154 Å². The van der Waals surface area contributed by atoms with Crippen molar-refractivity contribution < 1.29 is 14.3 Å². The van der Waals surface area contributed by atoms with Crippen LogP contribution in [0.3, 0.4) is 0 Å². The first-order chi connectivity index (χ1) is 12.7. The average Bonchev–Trinajstić information content (AvgIpc) is 3.20. The maximum atomic E-state index is 12.5. The molecule has 0 spiro atoms. The second kappa shape index (κ2) is 9.25. The first-order valence-electron chi connectivity index (χ1n) is 9.12. The molecule has 0 aromatic heterocycles. The zero-order valence-electron chi connectivity index (χ0n) is 15.2. The van der Waals surface area contributed by atoms with E-state index in [1.165, 1.54) is 0 Å². The molecule has 0 aliphatic carbocycles. The zero-order chi connectivity index (χ0) is 18.2. The van der Waals surface area contributed by atoms with Crippen molar-refractivity contribution in [3.05, 3.63) is 60.2 Å². The summed E-state index contributed by atoms with van der Waals surface area (Å²) in [7, 11) is 2.01. The Balaban J connectivity index is 1.51. The number of hydrogen-bond donors (Lipinski definition) is 1. The van der Waals surface area contributed by atoms with Gasteiger partial charge >= 0.3 is 0 Å². The summed E-state index contributed by atoms with van der Waals surface area (Å²) in [6.07, 6.45) is 2.22.